The standard InChI is InChI=1S/C23H29N5O3S2/c24-19-3-1-2-17(12-19)21-14-18-13-20(15-26-4-6-27(7-5-26)16-33(29)30)32-22(18)23(25-21)28-8-10-31-11-9-28/h1-3,12-14H,4-11,15-16,24H2,(H,29,30)/p-1. The second kappa shape index (κ2) is 10.0. The summed E-state index contributed by atoms with van der Waals surface area (Å²) in [7, 11) is 0. The zero-order valence-corrected chi connectivity index (χ0v) is 20.1. The van der Waals surface area contributed by atoms with Gasteiger partial charge >= 0.3 is 0 Å². The molecule has 176 valence electrons. The number of thiophene rings is 1. The van der Waals surface area contributed by atoms with E-state index in [0.29, 0.717) is 13.2 Å². The van der Waals surface area contributed by atoms with Crippen molar-refractivity contribution in [2.24, 2.45) is 0 Å². The summed E-state index contributed by atoms with van der Waals surface area (Å²) in [5.41, 5.74) is 8.72. The molecule has 4 heterocycles. The van der Waals surface area contributed by atoms with Gasteiger partial charge in [0.15, 0.2) is 0 Å². The molecule has 0 amide bonds. The summed E-state index contributed by atoms with van der Waals surface area (Å²) in [6.45, 7) is 7.24. The van der Waals surface area contributed by atoms with Gasteiger partial charge in [-0.1, -0.05) is 12.1 Å². The molecule has 0 spiro atoms. The van der Waals surface area contributed by atoms with Gasteiger partial charge in [-0.05, 0) is 40.7 Å². The summed E-state index contributed by atoms with van der Waals surface area (Å²) in [5.74, 6) is 1.14. The molecule has 2 saturated heterocycles. The fraction of sp³-hybridized carbons (Fsp3) is 0.435. The van der Waals surface area contributed by atoms with E-state index in [4.69, 9.17) is 15.5 Å². The van der Waals surface area contributed by atoms with Gasteiger partial charge in [0.1, 0.15) is 5.82 Å². The molecule has 8 nitrogen and oxygen atoms in total. The van der Waals surface area contributed by atoms with Crippen LogP contribution >= 0.6 is 11.3 Å². The predicted molar refractivity (Wildman–Crippen MR) is 133 cm³/mol. The van der Waals surface area contributed by atoms with Crippen LogP contribution < -0.4 is 10.6 Å². The van der Waals surface area contributed by atoms with Gasteiger partial charge in [0.25, 0.3) is 0 Å². The normalized spacial score (nSPS) is 19.2. The SMILES string of the molecule is Nc1cccc(-c2cc3cc(CN4CCN(CS(=O)[O-])CC4)sc3c(N3CCOCC3)n2)c1. The third-order valence-corrected chi connectivity index (χ3v) is 7.87. The number of ether oxygens (including phenoxy) is 1. The Balaban J connectivity index is 1.43. The minimum Gasteiger partial charge on any atom is -0.771 e. The number of fused-ring (bicyclic) bond motifs is 1. The van der Waals surface area contributed by atoms with E-state index in [9.17, 15) is 8.76 Å². The Morgan fingerprint density at radius 3 is 2.55 bits per heavy atom. The van der Waals surface area contributed by atoms with Gasteiger partial charge < -0.3 is 19.9 Å². The number of benzene rings is 1. The van der Waals surface area contributed by atoms with Crippen LogP contribution in [-0.4, -0.2) is 81.9 Å². The van der Waals surface area contributed by atoms with Crippen LogP contribution in [0.15, 0.2) is 36.4 Å². The van der Waals surface area contributed by atoms with Crippen molar-refractivity contribution in [2.75, 3.05) is 69.0 Å². The average Bonchev–Trinajstić information content (AvgIpc) is 3.22. The van der Waals surface area contributed by atoms with Crippen LogP contribution in [0, 0.1) is 0 Å². The molecule has 33 heavy (non-hydrogen) atoms. The Morgan fingerprint density at radius 1 is 1.06 bits per heavy atom. The molecular weight excluding hydrogens is 458 g/mol. The Labute approximate surface area is 200 Å². The first-order valence-corrected chi connectivity index (χ1v) is 13.2. The van der Waals surface area contributed by atoms with Gasteiger partial charge in [0.05, 0.1) is 29.5 Å². The van der Waals surface area contributed by atoms with Crippen LogP contribution in [0.25, 0.3) is 21.3 Å². The number of anilines is 2. The van der Waals surface area contributed by atoms with Crippen LogP contribution in [0.5, 0.6) is 0 Å². The molecule has 1 atom stereocenters. The van der Waals surface area contributed by atoms with Crippen LogP contribution in [0.1, 0.15) is 4.88 Å². The quantitative estimate of drug-likeness (QED) is 0.419. The van der Waals surface area contributed by atoms with Crippen molar-refractivity contribution >= 4 is 44.0 Å². The highest BCUT2D eigenvalue weighted by Gasteiger charge is 2.21. The molecule has 0 aliphatic carbocycles. The number of nitrogens with two attached hydrogens (primary N) is 1. The third-order valence-electron chi connectivity index (χ3n) is 6.16. The number of aromatic nitrogens is 1. The lowest BCUT2D eigenvalue weighted by atomic mass is 10.1. The summed E-state index contributed by atoms with van der Waals surface area (Å²) in [5, 5.41) is 1.20. The molecule has 2 aliphatic rings. The number of nitrogens with zero attached hydrogens (tertiary/aromatic N) is 4. The number of rotatable bonds is 6. The molecule has 2 N–H and O–H groups in total. The monoisotopic (exact) mass is 486 g/mol. The lowest BCUT2D eigenvalue weighted by molar-refractivity contribution is 0.122. The number of hydrogen-bond donors (Lipinski definition) is 1. The Kier molecular flexibility index (Phi) is 6.91. The van der Waals surface area contributed by atoms with E-state index in [1.807, 2.05) is 23.1 Å². The fourth-order valence-corrected chi connectivity index (χ4v) is 6.20. The molecule has 0 bridgehead atoms. The number of hydrogen-bond acceptors (Lipinski definition) is 9. The summed E-state index contributed by atoms with van der Waals surface area (Å²) < 4.78 is 28.7. The van der Waals surface area contributed by atoms with E-state index in [1.165, 1.54) is 15.0 Å². The van der Waals surface area contributed by atoms with Gasteiger partial charge in [-0.15, -0.1) is 11.3 Å². The smallest absolute Gasteiger partial charge is 0.147 e. The van der Waals surface area contributed by atoms with Crippen LogP contribution in [0.2, 0.25) is 0 Å². The average molecular weight is 487 g/mol. The molecular formula is C23H28N5O3S2-. The van der Waals surface area contributed by atoms with E-state index in [1.54, 1.807) is 11.3 Å². The maximum absolute atomic E-state index is 11.0. The second-order valence-electron chi connectivity index (χ2n) is 8.51. The number of morpholine rings is 1. The topological polar surface area (TPSA) is 98.0 Å². The highest BCUT2D eigenvalue weighted by Crippen LogP contribution is 2.37. The Hall–Kier alpha value is -2.08. The van der Waals surface area contributed by atoms with Crippen molar-refractivity contribution < 1.29 is 13.5 Å². The van der Waals surface area contributed by atoms with Crippen molar-refractivity contribution in [3.05, 3.63) is 41.3 Å². The fourth-order valence-electron chi connectivity index (χ4n) is 4.44. The lowest BCUT2D eigenvalue weighted by Gasteiger charge is -2.34. The molecule has 10 heteroatoms. The molecule has 3 aromatic rings. The summed E-state index contributed by atoms with van der Waals surface area (Å²) in [6.07, 6.45) is 0. The molecule has 2 aromatic heterocycles. The molecule has 2 aliphatic heterocycles. The molecule has 1 unspecified atom stereocenters. The van der Waals surface area contributed by atoms with Crippen LogP contribution in [-0.2, 0) is 22.4 Å². The van der Waals surface area contributed by atoms with E-state index in [2.05, 4.69) is 28.0 Å². The van der Waals surface area contributed by atoms with Gasteiger partial charge in [-0.3, -0.25) is 14.0 Å². The first-order chi connectivity index (χ1) is 16.0. The van der Waals surface area contributed by atoms with Crippen LogP contribution in [0.4, 0.5) is 11.5 Å². The van der Waals surface area contributed by atoms with Crippen molar-refractivity contribution in [2.45, 2.75) is 6.54 Å². The van der Waals surface area contributed by atoms with Gasteiger partial charge in [0, 0.05) is 61.9 Å². The first-order valence-electron chi connectivity index (χ1n) is 11.2. The molecule has 0 radical (unpaired) electrons. The summed E-state index contributed by atoms with van der Waals surface area (Å²) >= 11 is -0.211. The lowest BCUT2D eigenvalue weighted by Crippen LogP contribution is -2.46. The van der Waals surface area contributed by atoms with Crippen molar-refractivity contribution in [1.82, 2.24) is 14.8 Å². The van der Waals surface area contributed by atoms with Crippen molar-refractivity contribution in [3.8, 4) is 11.3 Å². The largest absolute Gasteiger partial charge is 0.771 e. The minimum absolute atomic E-state index is 0.123. The zero-order valence-electron chi connectivity index (χ0n) is 18.4. The van der Waals surface area contributed by atoms with E-state index >= 15 is 0 Å². The summed E-state index contributed by atoms with van der Waals surface area (Å²) in [4.78, 5) is 13.1. The van der Waals surface area contributed by atoms with Gasteiger partial charge in [-0.25, -0.2) is 4.98 Å². The molecule has 0 saturated carbocycles. The van der Waals surface area contributed by atoms with Gasteiger partial charge in [0.2, 0.25) is 0 Å². The molecule has 1 aromatic carbocycles. The Morgan fingerprint density at radius 2 is 1.82 bits per heavy atom. The first kappa shape index (κ1) is 22.7. The highest BCUT2D eigenvalue weighted by atomic mass is 32.2. The number of pyridine rings is 1. The zero-order chi connectivity index (χ0) is 22.8. The number of piperazine rings is 1. The third kappa shape index (κ3) is 5.37. The minimum atomic E-state index is -2.02. The van der Waals surface area contributed by atoms with E-state index < -0.39 is 11.1 Å². The Bertz CT molecular complexity index is 1140. The van der Waals surface area contributed by atoms with E-state index in [-0.39, 0.29) is 5.88 Å². The molecule has 5 rings (SSSR count). The number of nitrogen functional groups attached to an aromatic ring is 1. The second-order valence-corrected chi connectivity index (χ2v) is 10.5. The predicted octanol–water partition coefficient (Wildman–Crippen LogP) is 2.34. The van der Waals surface area contributed by atoms with E-state index in [0.717, 1.165) is 68.6 Å². The highest BCUT2D eigenvalue weighted by molar-refractivity contribution is 7.79. The maximum Gasteiger partial charge on any atom is 0.147 e. The van der Waals surface area contributed by atoms with Crippen LogP contribution in [0.3, 0.4) is 0 Å². The summed E-state index contributed by atoms with van der Waals surface area (Å²) in [6, 6.07) is 12.3. The molecule has 2 fully saturated rings. The van der Waals surface area contributed by atoms with Crippen molar-refractivity contribution in [1.29, 1.82) is 0 Å². The maximum atomic E-state index is 11.0. The van der Waals surface area contributed by atoms with Gasteiger partial charge in [-0.2, -0.15) is 0 Å². The van der Waals surface area contributed by atoms with Crippen molar-refractivity contribution in [3.63, 3.8) is 0 Å².